The van der Waals surface area contributed by atoms with E-state index in [0.717, 1.165) is 5.56 Å². The molecule has 0 spiro atoms. The topological polar surface area (TPSA) is 123 Å². The van der Waals surface area contributed by atoms with E-state index in [2.05, 4.69) is 20.7 Å². The number of carbonyl (C=O) groups is 4. The van der Waals surface area contributed by atoms with Crippen LogP contribution in [0.4, 0.5) is 4.79 Å². The lowest BCUT2D eigenvalue weighted by molar-refractivity contribution is -0.144. The van der Waals surface area contributed by atoms with Gasteiger partial charge < -0.3 is 25.4 Å². The Kier molecular flexibility index (Phi) is 10.4. The Bertz CT molecular complexity index is 725. The highest BCUT2D eigenvalue weighted by Crippen LogP contribution is 2.09. The number of hydrogen-bond acceptors (Lipinski definition) is 6. The van der Waals surface area contributed by atoms with Gasteiger partial charge in [-0.05, 0) is 25.3 Å². The first-order valence-corrected chi connectivity index (χ1v) is 9.85. The third kappa shape index (κ3) is 8.10. The Morgan fingerprint density at radius 3 is 2.07 bits per heavy atom. The highest BCUT2D eigenvalue weighted by Gasteiger charge is 2.29. The summed E-state index contributed by atoms with van der Waals surface area (Å²) in [7, 11) is 1.22. The van der Waals surface area contributed by atoms with Gasteiger partial charge in [-0.1, -0.05) is 50.6 Å². The number of benzene rings is 1. The van der Waals surface area contributed by atoms with Crippen LogP contribution >= 0.6 is 0 Å². The Morgan fingerprint density at radius 1 is 0.900 bits per heavy atom. The van der Waals surface area contributed by atoms with Crippen molar-refractivity contribution in [2.24, 2.45) is 5.92 Å². The number of methoxy groups -OCH3 is 1. The van der Waals surface area contributed by atoms with Crippen LogP contribution < -0.4 is 16.0 Å². The molecule has 1 aromatic carbocycles. The Balaban J connectivity index is 2.66. The molecule has 0 bridgehead atoms. The number of ether oxygens (including phenoxy) is 2. The smallest absolute Gasteiger partial charge is 0.408 e. The van der Waals surface area contributed by atoms with Crippen LogP contribution in [-0.4, -0.2) is 49.1 Å². The lowest BCUT2D eigenvalue weighted by Crippen LogP contribution is -2.56. The van der Waals surface area contributed by atoms with Crippen molar-refractivity contribution < 1.29 is 28.7 Å². The van der Waals surface area contributed by atoms with Gasteiger partial charge >= 0.3 is 12.1 Å². The van der Waals surface area contributed by atoms with Gasteiger partial charge in [0.25, 0.3) is 0 Å². The van der Waals surface area contributed by atoms with Gasteiger partial charge in [-0.2, -0.15) is 0 Å². The monoisotopic (exact) mass is 421 g/mol. The standard InChI is InChI=1S/C21H31N3O6/c1-6-13(2)17(24-21(28)30-12-16-10-8-7-9-11-16)19(26)22-14(3)18(25)23-15(4)20(27)29-5/h7-11,13-15,17H,6,12H2,1-5H3,(H,22,26)(H,23,25)(H,24,28)/t13-,14-,15-,17-/m0/s1. The Morgan fingerprint density at radius 2 is 1.50 bits per heavy atom. The molecule has 3 N–H and O–H groups in total. The van der Waals surface area contributed by atoms with Crippen molar-refractivity contribution in [3.63, 3.8) is 0 Å². The van der Waals surface area contributed by atoms with Gasteiger partial charge in [0.05, 0.1) is 7.11 Å². The van der Waals surface area contributed by atoms with E-state index in [1.807, 2.05) is 44.2 Å². The molecule has 0 aliphatic rings. The molecule has 0 heterocycles. The SMILES string of the molecule is CC[C@H](C)[C@H](NC(=O)OCc1ccccc1)C(=O)N[C@@H](C)C(=O)N[C@@H](C)C(=O)OC. The molecular formula is C21H31N3O6. The fourth-order valence-corrected chi connectivity index (χ4v) is 2.54. The molecule has 0 saturated heterocycles. The minimum Gasteiger partial charge on any atom is -0.467 e. The molecule has 1 aromatic rings. The minimum atomic E-state index is -0.918. The maximum atomic E-state index is 12.7. The van der Waals surface area contributed by atoms with E-state index in [1.54, 1.807) is 0 Å². The summed E-state index contributed by atoms with van der Waals surface area (Å²) in [5.41, 5.74) is 0.821. The van der Waals surface area contributed by atoms with E-state index in [9.17, 15) is 19.2 Å². The largest absolute Gasteiger partial charge is 0.467 e. The Labute approximate surface area is 176 Å². The fraction of sp³-hybridized carbons (Fsp3) is 0.524. The van der Waals surface area contributed by atoms with Crippen molar-refractivity contribution >= 4 is 23.9 Å². The van der Waals surface area contributed by atoms with Crippen molar-refractivity contribution in [3.05, 3.63) is 35.9 Å². The van der Waals surface area contributed by atoms with Gasteiger partial charge in [-0.25, -0.2) is 9.59 Å². The molecule has 0 radical (unpaired) electrons. The predicted octanol–water partition coefficient (Wildman–Crippen LogP) is 1.51. The van der Waals surface area contributed by atoms with Gasteiger partial charge in [-0.15, -0.1) is 0 Å². The van der Waals surface area contributed by atoms with Gasteiger partial charge in [0.1, 0.15) is 24.7 Å². The van der Waals surface area contributed by atoms with Crippen LogP contribution in [0.1, 0.15) is 39.7 Å². The number of rotatable bonds is 10. The van der Waals surface area contributed by atoms with E-state index in [1.165, 1.54) is 21.0 Å². The molecule has 0 aliphatic carbocycles. The summed E-state index contributed by atoms with van der Waals surface area (Å²) < 4.78 is 9.74. The number of nitrogens with one attached hydrogen (secondary N) is 3. The molecule has 30 heavy (non-hydrogen) atoms. The molecule has 9 nitrogen and oxygen atoms in total. The van der Waals surface area contributed by atoms with E-state index in [4.69, 9.17) is 4.74 Å². The van der Waals surface area contributed by atoms with E-state index in [0.29, 0.717) is 6.42 Å². The molecule has 0 unspecified atom stereocenters. The van der Waals surface area contributed by atoms with Crippen molar-refractivity contribution in [1.29, 1.82) is 0 Å². The number of hydrogen-bond donors (Lipinski definition) is 3. The first kappa shape index (κ1) is 24.9. The normalized spacial score (nSPS) is 14.4. The van der Waals surface area contributed by atoms with Crippen LogP contribution in [0.25, 0.3) is 0 Å². The summed E-state index contributed by atoms with van der Waals surface area (Å²) in [6, 6.07) is 6.52. The van der Waals surface area contributed by atoms with E-state index >= 15 is 0 Å². The van der Waals surface area contributed by atoms with Crippen molar-refractivity contribution in [2.45, 2.75) is 58.8 Å². The average Bonchev–Trinajstić information content (AvgIpc) is 2.75. The molecule has 1 rings (SSSR count). The van der Waals surface area contributed by atoms with Gasteiger partial charge in [-0.3, -0.25) is 9.59 Å². The molecule has 0 aromatic heterocycles. The summed E-state index contributed by atoms with van der Waals surface area (Å²) in [5, 5.41) is 7.59. The number of esters is 1. The third-order valence-electron chi connectivity index (χ3n) is 4.65. The lowest BCUT2D eigenvalue weighted by Gasteiger charge is -2.25. The average molecular weight is 421 g/mol. The zero-order valence-corrected chi connectivity index (χ0v) is 18.1. The van der Waals surface area contributed by atoms with E-state index < -0.39 is 42.0 Å². The zero-order chi connectivity index (χ0) is 22.7. The van der Waals surface area contributed by atoms with Gasteiger partial charge in [0, 0.05) is 0 Å². The van der Waals surface area contributed by atoms with Gasteiger partial charge in [0.2, 0.25) is 11.8 Å². The number of amides is 3. The van der Waals surface area contributed by atoms with Crippen LogP contribution in [0.3, 0.4) is 0 Å². The number of carbonyl (C=O) groups excluding carboxylic acids is 4. The Hall–Kier alpha value is -3.10. The molecule has 9 heteroatoms. The van der Waals surface area contributed by atoms with Crippen LogP contribution in [0.5, 0.6) is 0 Å². The first-order valence-electron chi connectivity index (χ1n) is 9.85. The lowest BCUT2D eigenvalue weighted by atomic mass is 9.98. The van der Waals surface area contributed by atoms with Crippen LogP contribution in [0.15, 0.2) is 30.3 Å². The molecule has 0 aliphatic heterocycles. The highest BCUT2D eigenvalue weighted by atomic mass is 16.5. The maximum Gasteiger partial charge on any atom is 0.408 e. The maximum absolute atomic E-state index is 12.7. The molecule has 4 atom stereocenters. The molecule has 0 fully saturated rings. The van der Waals surface area contributed by atoms with Crippen molar-refractivity contribution in [2.75, 3.05) is 7.11 Å². The van der Waals surface area contributed by atoms with Crippen LogP contribution in [-0.2, 0) is 30.5 Å². The van der Waals surface area contributed by atoms with Gasteiger partial charge in [0.15, 0.2) is 0 Å². The summed E-state index contributed by atoms with van der Waals surface area (Å²) in [6.07, 6.45) is -0.104. The molecule has 3 amide bonds. The first-order chi connectivity index (χ1) is 14.2. The summed E-state index contributed by atoms with van der Waals surface area (Å²) in [6.45, 7) is 6.73. The zero-order valence-electron chi connectivity index (χ0n) is 18.1. The van der Waals surface area contributed by atoms with Crippen molar-refractivity contribution in [1.82, 2.24) is 16.0 Å². The fourth-order valence-electron chi connectivity index (χ4n) is 2.54. The second kappa shape index (κ2) is 12.5. The second-order valence-corrected chi connectivity index (χ2v) is 7.05. The second-order valence-electron chi connectivity index (χ2n) is 7.05. The summed E-state index contributed by atoms with van der Waals surface area (Å²) in [5.74, 6) is -1.86. The molecular weight excluding hydrogens is 390 g/mol. The van der Waals surface area contributed by atoms with E-state index in [-0.39, 0.29) is 12.5 Å². The van der Waals surface area contributed by atoms with Crippen LogP contribution in [0, 0.1) is 5.92 Å². The molecule has 0 saturated carbocycles. The van der Waals surface area contributed by atoms with Crippen molar-refractivity contribution in [3.8, 4) is 0 Å². The highest BCUT2D eigenvalue weighted by molar-refractivity contribution is 5.92. The number of alkyl carbamates (subject to hydrolysis) is 1. The minimum absolute atomic E-state index is 0.0751. The predicted molar refractivity (Wildman–Crippen MR) is 110 cm³/mol. The summed E-state index contributed by atoms with van der Waals surface area (Å²) >= 11 is 0. The molecule has 166 valence electrons. The van der Waals surface area contributed by atoms with Crippen LogP contribution in [0.2, 0.25) is 0 Å². The summed E-state index contributed by atoms with van der Waals surface area (Å²) in [4.78, 5) is 48.5. The quantitative estimate of drug-likeness (QED) is 0.492. The third-order valence-corrected chi connectivity index (χ3v) is 4.65.